The average molecular weight is 328 g/mol. The van der Waals surface area contributed by atoms with Crippen LogP contribution in [0, 0.1) is 28.4 Å². The molecule has 0 radical (unpaired) electrons. The molecule has 5 aliphatic rings. The fourth-order valence-corrected chi connectivity index (χ4v) is 6.07. The number of carbonyl (C=O) groups is 1. The molecule has 2 atom stereocenters. The van der Waals surface area contributed by atoms with Crippen LogP contribution < -0.4 is 5.23 Å². The average Bonchev–Trinajstić information content (AvgIpc) is 3.33. The summed E-state index contributed by atoms with van der Waals surface area (Å²) < 4.78 is 5.75. The lowest BCUT2D eigenvalue weighted by molar-refractivity contribution is -0.145. The van der Waals surface area contributed by atoms with Gasteiger partial charge >= 0.3 is 0 Å². The second-order valence-corrected chi connectivity index (χ2v) is 8.40. The number of ketones is 1. The zero-order valence-corrected chi connectivity index (χ0v) is 13.6. The third-order valence-electron chi connectivity index (χ3n) is 6.75. The van der Waals surface area contributed by atoms with Gasteiger partial charge in [0.2, 0.25) is 0 Å². The van der Waals surface area contributed by atoms with Crippen LogP contribution in [0.4, 0.5) is 5.69 Å². The van der Waals surface area contributed by atoms with Crippen LogP contribution in [0.2, 0.25) is 0 Å². The molecule has 0 aromatic heterocycles. The summed E-state index contributed by atoms with van der Waals surface area (Å²) in [7, 11) is 0. The SMILES string of the molecule is O=C(C1OC1c1ccc(N([O-])O)cc1)C12CC3CC(CC(C3)C1)C2. The first-order valence-electron chi connectivity index (χ1n) is 9.00. The Hall–Kier alpha value is -1.43. The highest BCUT2D eigenvalue weighted by atomic mass is 16.8. The first-order valence-corrected chi connectivity index (χ1v) is 9.00. The lowest BCUT2D eigenvalue weighted by Crippen LogP contribution is -2.51. The fourth-order valence-electron chi connectivity index (χ4n) is 6.07. The Morgan fingerprint density at radius 2 is 1.62 bits per heavy atom. The number of ether oxygens (including phenoxy) is 1. The van der Waals surface area contributed by atoms with Crippen molar-refractivity contribution in [2.45, 2.75) is 50.7 Å². The molecule has 4 bridgehead atoms. The molecule has 1 aromatic rings. The van der Waals surface area contributed by atoms with E-state index in [9.17, 15) is 10.0 Å². The van der Waals surface area contributed by atoms with Gasteiger partial charge in [-0.1, -0.05) is 12.1 Å². The summed E-state index contributed by atoms with van der Waals surface area (Å²) in [5, 5.41) is 19.6. The fraction of sp³-hybridized carbons (Fsp3) is 0.632. The zero-order chi connectivity index (χ0) is 16.5. The number of anilines is 1. The Morgan fingerprint density at radius 1 is 1.08 bits per heavy atom. The molecule has 1 saturated heterocycles. The zero-order valence-electron chi connectivity index (χ0n) is 13.6. The first kappa shape index (κ1) is 14.9. The van der Waals surface area contributed by atoms with Crippen molar-refractivity contribution in [3.05, 3.63) is 35.0 Å². The molecule has 4 saturated carbocycles. The molecule has 1 aliphatic heterocycles. The van der Waals surface area contributed by atoms with Crippen LogP contribution >= 0.6 is 0 Å². The standard InChI is InChI=1S/C19H22NO4/c21-18(19-8-11-5-12(9-19)7-13(6-11)10-19)17-16(24-17)14-1-3-15(4-2-14)20(22)23/h1-4,11-13,16-17,22H,5-10H2/q-1. The number of nitrogens with zero attached hydrogens (tertiary/aromatic N) is 1. The van der Waals surface area contributed by atoms with Crippen LogP contribution in [0.3, 0.4) is 0 Å². The van der Waals surface area contributed by atoms with Crippen molar-refractivity contribution < 1.29 is 14.7 Å². The van der Waals surface area contributed by atoms with E-state index in [2.05, 4.69) is 0 Å². The van der Waals surface area contributed by atoms with E-state index in [1.807, 2.05) is 0 Å². The van der Waals surface area contributed by atoms with Crippen molar-refractivity contribution in [1.82, 2.24) is 0 Å². The number of carbonyl (C=O) groups excluding carboxylic acids is 1. The van der Waals surface area contributed by atoms with Crippen LogP contribution in [-0.2, 0) is 9.53 Å². The van der Waals surface area contributed by atoms with Gasteiger partial charge in [-0.15, -0.1) is 0 Å². The molecule has 5 fully saturated rings. The summed E-state index contributed by atoms with van der Waals surface area (Å²) in [5.74, 6) is 2.58. The normalized spacial score (nSPS) is 42.2. The Bertz CT molecular complexity index is 633. The molecular weight excluding hydrogens is 306 g/mol. The third kappa shape index (κ3) is 2.22. The molecule has 6 rings (SSSR count). The lowest BCUT2D eigenvalue weighted by atomic mass is 9.48. The highest BCUT2D eigenvalue weighted by Crippen LogP contribution is 2.62. The van der Waals surface area contributed by atoms with Crippen molar-refractivity contribution in [3.8, 4) is 0 Å². The molecular formula is C19H22NO4-. The maximum Gasteiger partial charge on any atom is 0.170 e. The summed E-state index contributed by atoms with van der Waals surface area (Å²) in [4.78, 5) is 13.2. The minimum atomic E-state index is -0.315. The molecule has 2 unspecified atom stereocenters. The molecule has 1 N–H and O–H groups in total. The molecule has 5 heteroatoms. The van der Waals surface area contributed by atoms with Crippen LogP contribution in [0.1, 0.15) is 50.2 Å². The minimum Gasteiger partial charge on any atom is -0.733 e. The predicted molar refractivity (Wildman–Crippen MR) is 87.3 cm³/mol. The monoisotopic (exact) mass is 328 g/mol. The Kier molecular flexibility index (Phi) is 3.12. The van der Waals surface area contributed by atoms with Gasteiger partial charge < -0.3 is 15.2 Å². The van der Waals surface area contributed by atoms with E-state index in [-0.39, 0.29) is 28.5 Å². The third-order valence-corrected chi connectivity index (χ3v) is 6.75. The van der Waals surface area contributed by atoms with Gasteiger partial charge in [0, 0.05) is 5.41 Å². The number of hydrogen-bond acceptors (Lipinski definition) is 5. The van der Waals surface area contributed by atoms with E-state index in [4.69, 9.17) is 9.94 Å². The molecule has 5 nitrogen and oxygen atoms in total. The highest BCUT2D eigenvalue weighted by Gasteiger charge is 2.60. The quantitative estimate of drug-likeness (QED) is 0.675. The maximum atomic E-state index is 13.2. The van der Waals surface area contributed by atoms with Crippen molar-refractivity contribution in [3.63, 3.8) is 0 Å². The van der Waals surface area contributed by atoms with Crippen molar-refractivity contribution in [2.75, 3.05) is 5.23 Å². The molecule has 24 heavy (non-hydrogen) atoms. The Labute approximate surface area is 141 Å². The minimum absolute atomic E-state index is 0.120. The molecule has 0 amide bonds. The van der Waals surface area contributed by atoms with Gasteiger partial charge in [-0.25, -0.2) is 0 Å². The van der Waals surface area contributed by atoms with E-state index in [0.29, 0.717) is 5.78 Å². The maximum absolute atomic E-state index is 13.2. The van der Waals surface area contributed by atoms with Crippen LogP contribution in [0.25, 0.3) is 0 Å². The summed E-state index contributed by atoms with van der Waals surface area (Å²) in [6.45, 7) is 0. The van der Waals surface area contributed by atoms with E-state index in [1.54, 1.807) is 24.3 Å². The van der Waals surface area contributed by atoms with Crippen LogP contribution in [-0.4, -0.2) is 17.1 Å². The first-order chi connectivity index (χ1) is 11.5. The Morgan fingerprint density at radius 3 is 2.12 bits per heavy atom. The second-order valence-electron chi connectivity index (χ2n) is 8.40. The molecule has 1 aromatic carbocycles. The molecule has 1 heterocycles. The molecule has 0 spiro atoms. The van der Waals surface area contributed by atoms with Crippen LogP contribution in [0.5, 0.6) is 0 Å². The summed E-state index contributed by atoms with van der Waals surface area (Å²) in [6, 6.07) is 6.62. The van der Waals surface area contributed by atoms with Gasteiger partial charge in [0.25, 0.3) is 0 Å². The van der Waals surface area contributed by atoms with E-state index >= 15 is 0 Å². The number of benzene rings is 1. The number of rotatable bonds is 4. The van der Waals surface area contributed by atoms with E-state index < -0.39 is 0 Å². The topological polar surface area (TPSA) is 76.1 Å². The van der Waals surface area contributed by atoms with Gasteiger partial charge in [-0.2, -0.15) is 0 Å². The summed E-state index contributed by atoms with van der Waals surface area (Å²) in [5.41, 5.74) is 0.970. The van der Waals surface area contributed by atoms with Gasteiger partial charge in [0.1, 0.15) is 12.2 Å². The summed E-state index contributed by atoms with van der Waals surface area (Å²) >= 11 is 0. The van der Waals surface area contributed by atoms with Gasteiger partial charge in [0.15, 0.2) is 5.78 Å². The van der Waals surface area contributed by atoms with Gasteiger partial charge in [0.05, 0.1) is 5.69 Å². The van der Waals surface area contributed by atoms with Gasteiger partial charge in [-0.3, -0.25) is 10.0 Å². The van der Waals surface area contributed by atoms with Crippen LogP contribution in [0.15, 0.2) is 24.3 Å². The van der Waals surface area contributed by atoms with Crippen molar-refractivity contribution in [1.29, 1.82) is 0 Å². The van der Waals surface area contributed by atoms with Crippen molar-refractivity contribution >= 4 is 11.5 Å². The predicted octanol–water partition coefficient (Wildman–Crippen LogP) is 3.61. The number of epoxide rings is 1. The van der Waals surface area contributed by atoms with E-state index in [1.165, 1.54) is 19.3 Å². The van der Waals surface area contributed by atoms with Crippen molar-refractivity contribution in [2.24, 2.45) is 23.2 Å². The largest absolute Gasteiger partial charge is 0.733 e. The molecule has 128 valence electrons. The highest BCUT2D eigenvalue weighted by molar-refractivity contribution is 5.92. The Balaban J connectivity index is 1.32. The lowest BCUT2D eigenvalue weighted by Gasteiger charge is -2.55. The van der Waals surface area contributed by atoms with Gasteiger partial charge in [-0.05, 0) is 74.0 Å². The number of Topliss-reactive ketones (excluding diaryl/α,β-unsaturated/α-hetero) is 1. The summed E-state index contributed by atoms with van der Waals surface area (Å²) in [6.07, 6.45) is 6.70. The molecule has 4 aliphatic carbocycles. The smallest absolute Gasteiger partial charge is 0.170 e. The van der Waals surface area contributed by atoms with E-state index in [0.717, 1.165) is 42.6 Å². The second kappa shape index (κ2) is 5.04. The number of hydrogen-bond donors (Lipinski definition) is 1.